The van der Waals surface area contributed by atoms with Crippen molar-refractivity contribution in [2.24, 2.45) is 16.6 Å². The smallest absolute Gasteiger partial charge is 0.188 e. The van der Waals surface area contributed by atoms with Crippen LogP contribution in [0.2, 0.25) is 0 Å². The summed E-state index contributed by atoms with van der Waals surface area (Å²) in [6.07, 6.45) is 0. The van der Waals surface area contributed by atoms with Gasteiger partial charge in [0, 0.05) is 6.54 Å². The third-order valence-electron chi connectivity index (χ3n) is 1.97. The molecule has 0 heterocycles. The molecule has 1 aromatic rings. The van der Waals surface area contributed by atoms with Crippen LogP contribution in [0.25, 0.3) is 0 Å². The highest BCUT2D eigenvalue weighted by atomic mass is 15.1. The van der Waals surface area contributed by atoms with Crippen molar-refractivity contribution in [2.45, 2.75) is 20.4 Å². The van der Waals surface area contributed by atoms with Gasteiger partial charge in [0.15, 0.2) is 5.96 Å². The fourth-order valence-electron chi connectivity index (χ4n) is 1.12. The molecule has 0 unspecified atom stereocenters. The Morgan fingerprint density at radius 3 is 2.60 bits per heavy atom. The van der Waals surface area contributed by atoms with Gasteiger partial charge in [-0.1, -0.05) is 44.2 Å². The molecule has 0 aliphatic carbocycles. The van der Waals surface area contributed by atoms with Crippen molar-refractivity contribution in [3.63, 3.8) is 0 Å². The Labute approximate surface area is 91.4 Å². The fourth-order valence-corrected chi connectivity index (χ4v) is 1.12. The van der Waals surface area contributed by atoms with Gasteiger partial charge in [0.2, 0.25) is 0 Å². The van der Waals surface area contributed by atoms with Crippen LogP contribution in [0.4, 0.5) is 0 Å². The Hall–Kier alpha value is -1.51. The first-order chi connectivity index (χ1) is 7.18. The third kappa shape index (κ3) is 5.05. The van der Waals surface area contributed by atoms with E-state index in [9.17, 15) is 0 Å². The number of aliphatic imine (C=N–C) groups is 1. The summed E-state index contributed by atoms with van der Waals surface area (Å²) in [7, 11) is 0. The number of nitrogens with zero attached hydrogens (tertiary/aromatic N) is 1. The molecule has 0 atom stereocenters. The highest BCUT2D eigenvalue weighted by Crippen LogP contribution is 1.99. The van der Waals surface area contributed by atoms with E-state index in [1.165, 1.54) is 5.56 Å². The van der Waals surface area contributed by atoms with Crippen molar-refractivity contribution in [3.05, 3.63) is 35.9 Å². The first-order valence-electron chi connectivity index (χ1n) is 5.26. The lowest BCUT2D eigenvalue weighted by molar-refractivity contribution is 0.622. The number of rotatable bonds is 4. The number of nitrogens with one attached hydrogen (secondary N) is 1. The lowest BCUT2D eigenvalue weighted by Gasteiger charge is -2.07. The average Bonchev–Trinajstić information content (AvgIpc) is 2.25. The molecule has 1 aromatic carbocycles. The van der Waals surface area contributed by atoms with Crippen LogP contribution in [0.1, 0.15) is 19.4 Å². The van der Waals surface area contributed by atoms with Gasteiger partial charge in [-0.25, -0.2) is 4.99 Å². The molecule has 15 heavy (non-hydrogen) atoms. The predicted octanol–water partition coefficient (Wildman–Crippen LogP) is 1.75. The number of hydrogen-bond acceptors (Lipinski definition) is 1. The summed E-state index contributed by atoms with van der Waals surface area (Å²) in [6, 6.07) is 10.1. The second-order valence-corrected chi connectivity index (χ2v) is 3.96. The minimum Gasteiger partial charge on any atom is -0.370 e. The van der Waals surface area contributed by atoms with Crippen LogP contribution < -0.4 is 11.1 Å². The maximum absolute atomic E-state index is 5.71. The molecule has 0 spiro atoms. The van der Waals surface area contributed by atoms with E-state index in [1.54, 1.807) is 0 Å². The molecule has 0 saturated heterocycles. The summed E-state index contributed by atoms with van der Waals surface area (Å²) in [5, 5.41) is 3.08. The van der Waals surface area contributed by atoms with Gasteiger partial charge in [-0.2, -0.15) is 0 Å². The maximum atomic E-state index is 5.71. The molecule has 0 fully saturated rings. The van der Waals surface area contributed by atoms with Crippen molar-refractivity contribution in [2.75, 3.05) is 6.54 Å². The molecule has 3 N–H and O–H groups in total. The normalized spacial score (nSPS) is 11.8. The van der Waals surface area contributed by atoms with Crippen LogP contribution in [0.15, 0.2) is 35.3 Å². The van der Waals surface area contributed by atoms with Gasteiger partial charge < -0.3 is 11.1 Å². The van der Waals surface area contributed by atoms with Crippen LogP contribution in [-0.2, 0) is 6.54 Å². The highest BCUT2D eigenvalue weighted by Gasteiger charge is 1.95. The van der Waals surface area contributed by atoms with E-state index >= 15 is 0 Å². The van der Waals surface area contributed by atoms with Crippen molar-refractivity contribution in [1.29, 1.82) is 0 Å². The molecule has 1 rings (SSSR count). The van der Waals surface area contributed by atoms with Gasteiger partial charge in [-0.3, -0.25) is 0 Å². The van der Waals surface area contributed by atoms with Gasteiger partial charge in [0.25, 0.3) is 0 Å². The van der Waals surface area contributed by atoms with Gasteiger partial charge in [-0.05, 0) is 11.5 Å². The Bertz CT molecular complexity index is 304. The lowest BCUT2D eigenvalue weighted by Crippen LogP contribution is -2.34. The summed E-state index contributed by atoms with van der Waals surface area (Å²) in [5.41, 5.74) is 6.88. The molecule has 0 radical (unpaired) electrons. The van der Waals surface area contributed by atoms with Gasteiger partial charge >= 0.3 is 0 Å². The van der Waals surface area contributed by atoms with Crippen molar-refractivity contribution < 1.29 is 0 Å². The number of benzene rings is 1. The van der Waals surface area contributed by atoms with E-state index in [0.717, 1.165) is 6.54 Å². The molecule has 0 saturated carbocycles. The van der Waals surface area contributed by atoms with E-state index < -0.39 is 0 Å². The molecule has 0 aliphatic heterocycles. The van der Waals surface area contributed by atoms with Gasteiger partial charge in [0.1, 0.15) is 0 Å². The Balaban J connectivity index is 2.37. The zero-order chi connectivity index (χ0) is 11.1. The van der Waals surface area contributed by atoms with Crippen molar-refractivity contribution in [3.8, 4) is 0 Å². The Morgan fingerprint density at radius 2 is 2.00 bits per heavy atom. The standard InChI is InChI=1S/C12H19N3/c1-10(2)8-14-12(13)15-9-11-6-4-3-5-7-11/h3-7,10H,8-9H2,1-2H3,(H3,13,14,15). The molecule has 0 aromatic heterocycles. The molecule has 0 amide bonds. The van der Waals surface area contributed by atoms with Crippen LogP contribution in [-0.4, -0.2) is 12.5 Å². The van der Waals surface area contributed by atoms with Crippen LogP contribution >= 0.6 is 0 Å². The monoisotopic (exact) mass is 205 g/mol. The van der Waals surface area contributed by atoms with Crippen molar-refractivity contribution >= 4 is 5.96 Å². The van der Waals surface area contributed by atoms with E-state index in [-0.39, 0.29) is 0 Å². The second-order valence-electron chi connectivity index (χ2n) is 3.96. The first kappa shape index (κ1) is 11.6. The number of hydrogen-bond donors (Lipinski definition) is 2. The molecular formula is C12H19N3. The third-order valence-corrected chi connectivity index (χ3v) is 1.97. The second kappa shape index (κ2) is 6.06. The average molecular weight is 205 g/mol. The minimum absolute atomic E-state index is 0.521. The SMILES string of the molecule is CC(C)CNC(N)=NCc1ccccc1. The number of guanidine groups is 1. The lowest BCUT2D eigenvalue weighted by atomic mass is 10.2. The zero-order valence-corrected chi connectivity index (χ0v) is 9.40. The Kier molecular flexibility index (Phi) is 4.68. The number of nitrogens with two attached hydrogens (primary N) is 1. The van der Waals surface area contributed by atoms with Gasteiger partial charge in [0.05, 0.1) is 6.54 Å². The van der Waals surface area contributed by atoms with Gasteiger partial charge in [-0.15, -0.1) is 0 Å². The van der Waals surface area contributed by atoms with E-state index in [1.807, 2.05) is 30.3 Å². The zero-order valence-electron chi connectivity index (χ0n) is 9.40. The molecule has 3 heteroatoms. The van der Waals surface area contributed by atoms with Crippen molar-refractivity contribution in [1.82, 2.24) is 5.32 Å². The Morgan fingerprint density at radius 1 is 1.33 bits per heavy atom. The minimum atomic E-state index is 0.521. The first-order valence-corrected chi connectivity index (χ1v) is 5.26. The molecule has 0 bridgehead atoms. The molecule has 3 nitrogen and oxygen atoms in total. The highest BCUT2D eigenvalue weighted by molar-refractivity contribution is 5.77. The van der Waals surface area contributed by atoms with Crippen LogP contribution in [0.5, 0.6) is 0 Å². The summed E-state index contributed by atoms with van der Waals surface area (Å²) in [4.78, 5) is 4.25. The van der Waals surface area contributed by atoms with E-state index in [2.05, 4.69) is 24.2 Å². The summed E-state index contributed by atoms with van der Waals surface area (Å²) in [6.45, 7) is 5.77. The summed E-state index contributed by atoms with van der Waals surface area (Å²) in [5.74, 6) is 1.10. The van der Waals surface area contributed by atoms with Crippen LogP contribution in [0.3, 0.4) is 0 Å². The molecular weight excluding hydrogens is 186 g/mol. The molecule has 0 aliphatic rings. The maximum Gasteiger partial charge on any atom is 0.188 e. The summed E-state index contributed by atoms with van der Waals surface area (Å²) >= 11 is 0. The quantitative estimate of drug-likeness (QED) is 0.581. The largest absolute Gasteiger partial charge is 0.370 e. The molecule has 82 valence electrons. The topological polar surface area (TPSA) is 50.4 Å². The predicted molar refractivity (Wildman–Crippen MR) is 64.6 cm³/mol. The van der Waals surface area contributed by atoms with E-state index in [4.69, 9.17) is 5.73 Å². The fraction of sp³-hybridized carbons (Fsp3) is 0.417. The summed E-state index contributed by atoms with van der Waals surface area (Å²) < 4.78 is 0. The van der Waals surface area contributed by atoms with Crippen LogP contribution in [0, 0.1) is 5.92 Å². The van der Waals surface area contributed by atoms with E-state index in [0.29, 0.717) is 18.4 Å².